The number of fused-ring (bicyclic) bond motifs is 2. The molecule has 154 valence electrons. The maximum absolute atomic E-state index is 12.9. The molecule has 1 amide bonds. The summed E-state index contributed by atoms with van der Waals surface area (Å²) in [7, 11) is 0. The molecule has 8 nitrogen and oxygen atoms in total. The lowest BCUT2D eigenvalue weighted by Crippen LogP contribution is -2.27. The van der Waals surface area contributed by atoms with Gasteiger partial charge in [-0.25, -0.2) is 14.8 Å². The van der Waals surface area contributed by atoms with Gasteiger partial charge in [0.1, 0.15) is 16.3 Å². The number of anilines is 1. The van der Waals surface area contributed by atoms with Gasteiger partial charge in [-0.15, -0.1) is 22.7 Å². The molecule has 0 radical (unpaired) electrons. The molecule has 4 rings (SSSR count). The largest absolute Gasteiger partial charge is 0.462 e. The van der Waals surface area contributed by atoms with Gasteiger partial charge in [-0.3, -0.25) is 14.2 Å². The minimum absolute atomic E-state index is 0.189. The van der Waals surface area contributed by atoms with Gasteiger partial charge >= 0.3 is 5.97 Å². The van der Waals surface area contributed by atoms with E-state index < -0.39 is 5.97 Å². The van der Waals surface area contributed by atoms with Gasteiger partial charge in [0.2, 0.25) is 5.91 Å². The van der Waals surface area contributed by atoms with Crippen molar-refractivity contribution < 1.29 is 14.3 Å². The number of hydrogen-bond acceptors (Lipinski definition) is 8. The van der Waals surface area contributed by atoms with E-state index in [1.54, 1.807) is 31.3 Å². The standard InChI is InChI=1S/C20H18N4O4S2/c1-4-28-20(27)17-10(2)16-18(30-17)21-9-24(19(16)26)8-15(25)23-12-5-6-13-14(7-12)29-11(3)22-13/h5-7,9H,4,8H2,1-3H3,(H,23,25). The Kier molecular flexibility index (Phi) is 5.35. The highest BCUT2D eigenvalue weighted by Gasteiger charge is 2.20. The fourth-order valence-corrected chi connectivity index (χ4v) is 5.04. The highest BCUT2D eigenvalue weighted by Crippen LogP contribution is 2.27. The second kappa shape index (κ2) is 7.96. The number of amides is 1. The van der Waals surface area contributed by atoms with E-state index in [0.29, 0.717) is 26.3 Å². The molecule has 1 aromatic carbocycles. The number of ether oxygens (including phenoxy) is 1. The lowest BCUT2D eigenvalue weighted by molar-refractivity contribution is -0.116. The van der Waals surface area contributed by atoms with E-state index in [4.69, 9.17) is 4.74 Å². The fraction of sp³-hybridized carbons (Fsp3) is 0.250. The Balaban J connectivity index is 1.58. The number of esters is 1. The predicted octanol–water partition coefficient (Wildman–Crippen LogP) is 3.50. The van der Waals surface area contributed by atoms with Crippen LogP contribution in [-0.2, 0) is 16.1 Å². The molecule has 0 atom stereocenters. The summed E-state index contributed by atoms with van der Waals surface area (Å²) in [4.78, 5) is 47.0. The summed E-state index contributed by atoms with van der Waals surface area (Å²) in [5.41, 5.74) is 1.67. The zero-order valence-electron chi connectivity index (χ0n) is 16.5. The fourth-order valence-electron chi connectivity index (χ4n) is 3.14. The summed E-state index contributed by atoms with van der Waals surface area (Å²) in [6.07, 6.45) is 1.32. The van der Waals surface area contributed by atoms with Crippen molar-refractivity contribution in [1.29, 1.82) is 0 Å². The number of carbonyl (C=O) groups is 2. The Morgan fingerprint density at radius 3 is 2.80 bits per heavy atom. The monoisotopic (exact) mass is 442 g/mol. The van der Waals surface area contributed by atoms with Crippen molar-refractivity contribution in [2.24, 2.45) is 0 Å². The molecule has 0 unspecified atom stereocenters. The Morgan fingerprint density at radius 1 is 1.23 bits per heavy atom. The van der Waals surface area contributed by atoms with Gasteiger partial charge in [0, 0.05) is 5.69 Å². The average molecular weight is 443 g/mol. The summed E-state index contributed by atoms with van der Waals surface area (Å²) < 4.78 is 7.25. The summed E-state index contributed by atoms with van der Waals surface area (Å²) >= 11 is 2.66. The van der Waals surface area contributed by atoms with Gasteiger partial charge in [-0.1, -0.05) is 0 Å². The van der Waals surface area contributed by atoms with Crippen LogP contribution < -0.4 is 10.9 Å². The molecule has 0 spiro atoms. The Labute approximate surface area is 179 Å². The quantitative estimate of drug-likeness (QED) is 0.475. The third kappa shape index (κ3) is 3.71. The van der Waals surface area contributed by atoms with Crippen LogP contribution in [0.4, 0.5) is 5.69 Å². The number of thiophene rings is 1. The summed E-state index contributed by atoms with van der Waals surface area (Å²) in [5, 5.41) is 4.09. The predicted molar refractivity (Wildman–Crippen MR) is 118 cm³/mol. The first-order valence-electron chi connectivity index (χ1n) is 9.20. The van der Waals surface area contributed by atoms with Crippen LogP contribution in [0.3, 0.4) is 0 Å². The van der Waals surface area contributed by atoms with Gasteiger partial charge in [-0.05, 0) is 44.5 Å². The maximum atomic E-state index is 12.9. The number of hydrogen-bond donors (Lipinski definition) is 1. The van der Waals surface area contributed by atoms with E-state index in [-0.39, 0.29) is 24.6 Å². The summed E-state index contributed by atoms with van der Waals surface area (Å²) in [6, 6.07) is 5.48. The number of nitrogens with one attached hydrogen (secondary N) is 1. The number of aromatic nitrogens is 3. The summed E-state index contributed by atoms with van der Waals surface area (Å²) in [6.45, 7) is 5.39. The number of rotatable bonds is 5. The molecular formula is C20H18N4O4S2. The number of aryl methyl sites for hydroxylation is 2. The van der Waals surface area contributed by atoms with Crippen LogP contribution in [0.5, 0.6) is 0 Å². The van der Waals surface area contributed by atoms with Crippen LogP contribution in [-0.4, -0.2) is 33.0 Å². The summed E-state index contributed by atoms with van der Waals surface area (Å²) in [5.74, 6) is -0.826. The Morgan fingerprint density at radius 2 is 2.03 bits per heavy atom. The molecule has 0 fully saturated rings. The zero-order chi connectivity index (χ0) is 21.4. The van der Waals surface area contributed by atoms with E-state index in [1.807, 2.05) is 19.1 Å². The molecule has 0 aliphatic heterocycles. The number of thiazole rings is 1. The highest BCUT2D eigenvalue weighted by atomic mass is 32.1. The molecule has 1 N–H and O–H groups in total. The van der Waals surface area contributed by atoms with Crippen molar-refractivity contribution in [2.75, 3.05) is 11.9 Å². The van der Waals surface area contributed by atoms with Crippen molar-refractivity contribution in [1.82, 2.24) is 14.5 Å². The average Bonchev–Trinajstić information content (AvgIpc) is 3.23. The van der Waals surface area contributed by atoms with Crippen molar-refractivity contribution in [3.8, 4) is 0 Å². The topological polar surface area (TPSA) is 103 Å². The van der Waals surface area contributed by atoms with Crippen LogP contribution in [0, 0.1) is 13.8 Å². The lowest BCUT2D eigenvalue weighted by atomic mass is 10.2. The number of benzene rings is 1. The third-order valence-corrected chi connectivity index (χ3v) is 6.58. The zero-order valence-corrected chi connectivity index (χ0v) is 18.1. The smallest absolute Gasteiger partial charge is 0.348 e. The van der Waals surface area contributed by atoms with E-state index in [0.717, 1.165) is 26.6 Å². The van der Waals surface area contributed by atoms with E-state index in [2.05, 4.69) is 15.3 Å². The van der Waals surface area contributed by atoms with Gasteiger partial charge in [0.15, 0.2) is 0 Å². The molecule has 3 aromatic heterocycles. The van der Waals surface area contributed by atoms with Crippen molar-refractivity contribution >= 4 is 60.7 Å². The maximum Gasteiger partial charge on any atom is 0.348 e. The highest BCUT2D eigenvalue weighted by molar-refractivity contribution is 7.20. The van der Waals surface area contributed by atoms with Crippen molar-refractivity contribution in [3.63, 3.8) is 0 Å². The SMILES string of the molecule is CCOC(=O)c1sc2ncn(CC(=O)Nc3ccc4nc(C)sc4c3)c(=O)c2c1C. The van der Waals surface area contributed by atoms with Crippen molar-refractivity contribution in [2.45, 2.75) is 27.3 Å². The second-order valence-electron chi connectivity index (χ2n) is 6.60. The molecule has 0 bridgehead atoms. The van der Waals surface area contributed by atoms with Gasteiger partial charge < -0.3 is 10.1 Å². The van der Waals surface area contributed by atoms with Crippen LogP contribution in [0.25, 0.3) is 20.4 Å². The molecule has 30 heavy (non-hydrogen) atoms. The van der Waals surface area contributed by atoms with Crippen LogP contribution in [0.15, 0.2) is 29.3 Å². The molecule has 3 heterocycles. The van der Waals surface area contributed by atoms with Gasteiger partial charge in [-0.2, -0.15) is 0 Å². The van der Waals surface area contributed by atoms with E-state index in [1.165, 1.54) is 10.9 Å². The van der Waals surface area contributed by atoms with Crippen LogP contribution in [0.2, 0.25) is 0 Å². The molecular weight excluding hydrogens is 424 g/mol. The first kappa shape index (κ1) is 20.2. The first-order chi connectivity index (χ1) is 14.4. The third-order valence-electron chi connectivity index (χ3n) is 4.47. The van der Waals surface area contributed by atoms with E-state index in [9.17, 15) is 14.4 Å². The Hall–Kier alpha value is -3.11. The Bertz CT molecular complexity index is 1350. The second-order valence-corrected chi connectivity index (χ2v) is 8.83. The molecule has 4 aromatic rings. The number of carbonyl (C=O) groups excluding carboxylic acids is 2. The molecule has 0 aliphatic rings. The minimum atomic E-state index is -0.476. The normalized spacial score (nSPS) is 11.2. The first-order valence-corrected chi connectivity index (χ1v) is 10.8. The van der Waals surface area contributed by atoms with Gasteiger partial charge in [0.05, 0.1) is 33.5 Å². The lowest BCUT2D eigenvalue weighted by Gasteiger charge is -2.07. The van der Waals surface area contributed by atoms with Crippen LogP contribution >= 0.6 is 22.7 Å². The van der Waals surface area contributed by atoms with E-state index >= 15 is 0 Å². The van der Waals surface area contributed by atoms with Gasteiger partial charge in [0.25, 0.3) is 5.56 Å². The van der Waals surface area contributed by atoms with Crippen LogP contribution in [0.1, 0.15) is 27.2 Å². The molecule has 0 saturated heterocycles. The van der Waals surface area contributed by atoms with Crippen molar-refractivity contribution in [3.05, 3.63) is 50.3 Å². The number of nitrogens with zero attached hydrogens (tertiary/aromatic N) is 3. The molecule has 0 saturated carbocycles. The minimum Gasteiger partial charge on any atom is -0.462 e. The molecule has 0 aliphatic carbocycles. The molecule has 10 heteroatoms.